The molecule has 0 fully saturated rings. The average molecular weight is 238 g/mol. The highest BCUT2D eigenvalue weighted by Gasteiger charge is 2.27. The van der Waals surface area contributed by atoms with Gasteiger partial charge in [-0.1, -0.05) is 12.1 Å². The first-order valence-corrected chi connectivity index (χ1v) is 5.80. The van der Waals surface area contributed by atoms with Gasteiger partial charge >= 0.3 is 0 Å². The van der Waals surface area contributed by atoms with E-state index in [-0.39, 0.29) is 0 Å². The van der Waals surface area contributed by atoms with Gasteiger partial charge in [0, 0.05) is 25.7 Å². The van der Waals surface area contributed by atoms with E-state index >= 15 is 0 Å². The maximum absolute atomic E-state index is 10.5. The molecule has 1 rings (SSSR count). The maximum atomic E-state index is 10.5. The van der Waals surface area contributed by atoms with E-state index in [1.54, 1.807) is 21.1 Å². The summed E-state index contributed by atoms with van der Waals surface area (Å²) in [6.45, 7) is 6.34. The molecule has 0 heterocycles. The molecule has 0 aromatic heterocycles. The van der Waals surface area contributed by atoms with Crippen molar-refractivity contribution in [3.8, 4) is 5.75 Å². The molecule has 96 valence electrons. The largest absolute Gasteiger partial charge is 0.496 e. The standard InChI is InChI=1S/C14H22O3/c1-10-6-7-12(13(17-5)11(10)2)14(3,15)8-9-16-4/h6-7,15H,8-9H2,1-5H3. The van der Waals surface area contributed by atoms with Crippen molar-refractivity contribution in [3.05, 3.63) is 28.8 Å². The molecule has 0 saturated heterocycles. The van der Waals surface area contributed by atoms with Gasteiger partial charge in [0.15, 0.2) is 0 Å². The van der Waals surface area contributed by atoms with Gasteiger partial charge in [-0.05, 0) is 31.9 Å². The lowest BCUT2D eigenvalue weighted by molar-refractivity contribution is 0.0191. The van der Waals surface area contributed by atoms with Crippen LogP contribution < -0.4 is 4.74 Å². The fourth-order valence-corrected chi connectivity index (χ4v) is 1.91. The van der Waals surface area contributed by atoms with Gasteiger partial charge in [0.05, 0.1) is 12.7 Å². The Morgan fingerprint density at radius 3 is 2.41 bits per heavy atom. The molecular weight excluding hydrogens is 216 g/mol. The molecule has 1 unspecified atom stereocenters. The Morgan fingerprint density at radius 2 is 1.88 bits per heavy atom. The predicted molar refractivity (Wildman–Crippen MR) is 68.5 cm³/mol. The smallest absolute Gasteiger partial charge is 0.128 e. The molecule has 0 aliphatic carbocycles. The number of benzene rings is 1. The highest BCUT2D eigenvalue weighted by molar-refractivity contribution is 5.47. The molecule has 1 N–H and O–H groups in total. The van der Waals surface area contributed by atoms with Crippen molar-refractivity contribution in [1.82, 2.24) is 0 Å². The molecule has 17 heavy (non-hydrogen) atoms. The van der Waals surface area contributed by atoms with Crippen LogP contribution in [0.4, 0.5) is 0 Å². The van der Waals surface area contributed by atoms with E-state index < -0.39 is 5.60 Å². The molecule has 0 spiro atoms. The third-order valence-electron chi connectivity index (χ3n) is 3.25. The van der Waals surface area contributed by atoms with Crippen molar-refractivity contribution >= 4 is 0 Å². The molecular formula is C14H22O3. The van der Waals surface area contributed by atoms with Crippen LogP contribution in [-0.2, 0) is 10.3 Å². The third-order valence-corrected chi connectivity index (χ3v) is 3.25. The highest BCUT2D eigenvalue weighted by atomic mass is 16.5. The van der Waals surface area contributed by atoms with Gasteiger partial charge in [-0.2, -0.15) is 0 Å². The lowest BCUT2D eigenvalue weighted by Gasteiger charge is -2.27. The third kappa shape index (κ3) is 2.99. The fourth-order valence-electron chi connectivity index (χ4n) is 1.91. The number of hydrogen-bond donors (Lipinski definition) is 1. The Morgan fingerprint density at radius 1 is 1.24 bits per heavy atom. The van der Waals surface area contributed by atoms with Crippen LogP contribution in [0.2, 0.25) is 0 Å². The lowest BCUT2D eigenvalue weighted by atomic mass is 9.89. The van der Waals surface area contributed by atoms with Crippen LogP contribution in [0.15, 0.2) is 12.1 Å². The number of methoxy groups -OCH3 is 2. The summed E-state index contributed by atoms with van der Waals surface area (Å²) in [5.74, 6) is 0.770. The van der Waals surface area contributed by atoms with Crippen LogP contribution in [0.3, 0.4) is 0 Å². The average Bonchev–Trinajstić information content (AvgIpc) is 2.29. The van der Waals surface area contributed by atoms with Gasteiger partial charge in [0.25, 0.3) is 0 Å². The van der Waals surface area contributed by atoms with E-state index in [1.807, 2.05) is 26.0 Å². The van der Waals surface area contributed by atoms with Gasteiger partial charge < -0.3 is 14.6 Å². The summed E-state index contributed by atoms with van der Waals surface area (Å²) in [6, 6.07) is 3.94. The Kier molecular flexibility index (Phi) is 4.54. The fraction of sp³-hybridized carbons (Fsp3) is 0.571. The topological polar surface area (TPSA) is 38.7 Å². The Balaban J connectivity index is 3.16. The van der Waals surface area contributed by atoms with E-state index in [9.17, 15) is 5.11 Å². The molecule has 0 radical (unpaired) electrons. The monoisotopic (exact) mass is 238 g/mol. The van der Waals surface area contributed by atoms with Crippen LogP contribution in [0.1, 0.15) is 30.0 Å². The molecule has 0 aliphatic heterocycles. The Labute approximate surface area is 103 Å². The minimum Gasteiger partial charge on any atom is -0.496 e. The number of hydrogen-bond acceptors (Lipinski definition) is 3. The van der Waals surface area contributed by atoms with Crippen LogP contribution in [0.25, 0.3) is 0 Å². The lowest BCUT2D eigenvalue weighted by Crippen LogP contribution is -2.24. The van der Waals surface area contributed by atoms with Crippen LogP contribution in [0, 0.1) is 13.8 Å². The zero-order valence-electron chi connectivity index (χ0n) is 11.3. The number of rotatable bonds is 5. The Hall–Kier alpha value is -1.06. The minimum atomic E-state index is -0.931. The molecule has 3 nitrogen and oxygen atoms in total. The summed E-state index contributed by atoms with van der Waals surface area (Å²) in [5.41, 5.74) is 2.12. The number of aliphatic hydroxyl groups is 1. The molecule has 0 aliphatic rings. The first-order valence-electron chi connectivity index (χ1n) is 5.80. The second-order valence-electron chi connectivity index (χ2n) is 4.60. The highest BCUT2D eigenvalue weighted by Crippen LogP contribution is 2.35. The summed E-state index contributed by atoms with van der Waals surface area (Å²) >= 11 is 0. The van der Waals surface area contributed by atoms with E-state index in [0.717, 1.165) is 22.4 Å². The molecule has 1 atom stereocenters. The zero-order valence-corrected chi connectivity index (χ0v) is 11.3. The normalized spacial score (nSPS) is 14.5. The number of ether oxygens (including phenoxy) is 2. The van der Waals surface area contributed by atoms with E-state index in [2.05, 4.69) is 0 Å². The SMILES string of the molecule is COCCC(C)(O)c1ccc(C)c(C)c1OC. The summed E-state index contributed by atoms with van der Waals surface area (Å²) in [6.07, 6.45) is 0.544. The first kappa shape index (κ1) is 14.0. The van der Waals surface area contributed by atoms with Gasteiger partial charge in [-0.25, -0.2) is 0 Å². The van der Waals surface area contributed by atoms with Crippen molar-refractivity contribution in [3.63, 3.8) is 0 Å². The summed E-state index contributed by atoms with van der Waals surface area (Å²) < 4.78 is 10.4. The van der Waals surface area contributed by atoms with Gasteiger partial charge in [-0.3, -0.25) is 0 Å². The second kappa shape index (κ2) is 5.52. The molecule has 1 aromatic rings. The first-order chi connectivity index (χ1) is 7.94. The van der Waals surface area contributed by atoms with Crippen LogP contribution >= 0.6 is 0 Å². The summed E-state index contributed by atoms with van der Waals surface area (Å²) in [5, 5.41) is 10.5. The van der Waals surface area contributed by atoms with Gasteiger partial charge in [0.2, 0.25) is 0 Å². The molecule has 0 bridgehead atoms. The van der Waals surface area contributed by atoms with Crippen molar-refractivity contribution in [2.45, 2.75) is 32.8 Å². The second-order valence-corrected chi connectivity index (χ2v) is 4.60. The van der Waals surface area contributed by atoms with Crippen molar-refractivity contribution < 1.29 is 14.6 Å². The minimum absolute atomic E-state index is 0.517. The molecule has 0 amide bonds. The van der Waals surface area contributed by atoms with E-state index in [0.29, 0.717) is 13.0 Å². The maximum Gasteiger partial charge on any atom is 0.128 e. The summed E-state index contributed by atoms with van der Waals surface area (Å²) in [4.78, 5) is 0. The number of aryl methyl sites for hydroxylation is 1. The molecule has 0 saturated carbocycles. The molecule has 1 aromatic carbocycles. The van der Waals surface area contributed by atoms with Crippen molar-refractivity contribution in [1.29, 1.82) is 0 Å². The van der Waals surface area contributed by atoms with Gasteiger partial charge in [-0.15, -0.1) is 0 Å². The van der Waals surface area contributed by atoms with Crippen molar-refractivity contribution in [2.75, 3.05) is 20.8 Å². The quantitative estimate of drug-likeness (QED) is 0.856. The Bertz CT molecular complexity index is 383. The van der Waals surface area contributed by atoms with Gasteiger partial charge in [0.1, 0.15) is 5.75 Å². The van der Waals surface area contributed by atoms with Crippen molar-refractivity contribution in [2.24, 2.45) is 0 Å². The van der Waals surface area contributed by atoms with Crippen LogP contribution in [-0.4, -0.2) is 25.9 Å². The van der Waals surface area contributed by atoms with E-state index in [1.165, 1.54) is 0 Å². The zero-order chi connectivity index (χ0) is 13.1. The predicted octanol–water partition coefficient (Wildman–Crippen LogP) is 2.56. The van der Waals surface area contributed by atoms with E-state index in [4.69, 9.17) is 9.47 Å². The molecule has 3 heteroatoms. The van der Waals surface area contributed by atoms with Crippen LogP contribution in [0.5, 0.6) is 5.75 Å². The summed E-state index contributed by atoms with van der Waals surface area (Å²) in [7, 11) is 3.27.